The fraction of sp³-hybridized carbons (Fsp3) is 0.167. The Labute approximate surface area is 135 Å². The molecule has 0 aliphatic carbocycles. The number of nitrogens with one attached hydrogen (secondary N) is 2. The first-order valence-electron chi connectivity index (χ1n) is 7.35. The Morgan fingerprint density at radius 3 is 2.26 bits per heavy atom. The normalized spacial score (nSPS) is 10.7. The zero-order chi connectivity index (χ0) is 16.7. The maximum atomic E-state index is 12.0. The van der Waals surface area contributed by atoms with E-state index in [0.29, 0.717) is 11.3 Å². The summed E-state index contributed by atoms with van der Waals surface area (Å²) in [6, 6.07) is 16.2. The number of carbonyl (C=O) groups excluding carboxylic acids is 2. The third-order valence-corrected chi connectivity index (χ3v) is 3.12. The molecule has 0 atom stereocenters. The molecule has 0 saturated carbocycles. The lowest BCUT2D eigenvalue weighted by atomic mass is 10.1. The van der Waals surface area contributed by atoms with E-state index in [0.717, 1.165) is 5.56 Å². The molecule has 2 aromatic rings. The Hall–Kier alpha value is -2.95. The van der Waals surface area contributed by atoms with Gasteiger partial charge in [-0.2, -0.15) is 5.10 Å². The van der Waals surface area contributed by atoms with Crippen LogP contribution in [0.5, 0.6) is 0 Å². The molecular formula is C18H19N3O2. The summed E-state index contributed by atoms with van der Waals surface area (Å²) in [6.07, 6.45) is 1.58. The van der Waals surface area contributed by atoms with Crippen molar-refractivity contribution in [1.29, 1.82) is 0 Å². The Balaban J connectivity index is 1.92. The molecule has 5 heteroatoms. The summed E-state index contributed by atoms with van der Waals surface area (Å²) in [7, 11) is 0. The van der Waals surface area contributed by atoms with Crippen LogP contribution in [0.15, 0.2) is 59.7 Å². The highest BCUT2D eigenvalue weighted by Crippen LogP contribution is 2.11. The second kappa shape index (κ2) is 7.89. The molecule has 0 bridgehead atoms. The summed E-state index contributed by atoms with van der Waals surface area (Å²) in [5.74, 6) is -0.459. The summed E-state index contributed by atoms with van der Waals surface area (Å²) in [5.41, 5.74) is 4.50. The monoisotopic (exact) mass is 309 g/mol. The molecule has 2 N–H and O–H groups in total. The van der Waals surface area contributed by atoms with E-state index >= 15 is 0 Å². The zero-order valence-electron chi connectivity index (χ0n) is 13.1. The average molecular weight is 309 g/mol. The summed E-state index contributed by atoms with van der Waals surface area (Å²) in [6.45, 7) is 3.64. The van der Waals surface area contributed by atoms with Crippen LogP contribution in [0.2, 0.25) is 0 Å². The van der Waals surface area contributed by atoms with Gasteiger partial charge in [-0.15, -0.1) is 0 Å². The zero-order valence-corrected chi connectivity index (χ0v) is 13.1. The van der Waals surface area contributed by atoms with Gasteiger partial charge in [-0.3, -0.25) is 9.59 Å². The van der Waals surface area contributed by atoms with Gasteiger partial charge in [0.1, 0.15) is 0 Å². The molecule has 0 aromatic heterocycles. The number of rotatable bonds is 5. The molecule has 0 heterocycles. The molecule has 2 amide bonds. The van der Waals surface area contributed by atoms with Gasteiger partial charge in [-0.25, -0.2) is 5.43 Å². The predicted molar refractivity (Wildman–Crippen MR) is 91.4 cm³/mol. The first-order chi connectivity index (χ1) is 11.1. The number of hydrogen-bond donors (Lipinski definition) is 2. The lowest BCUT2D eigenvalue weighted by Crippen LogP contribution is -2.19. The topological polar surface area (TPSA) is 70.6 Å². The van der Waals surface area contributed by atoms with Gasteiger partial charge in [-0.1, -0.05) is 44.2 Å². The van der Waals surface area contributed by atoms with Gasteiger partial charge in [0.2, 0.25) is 5.91 Å². The van der Waals surface area contributed by atoms with E-state index in [2.05, 4.69) is 15.8 Å². The molecule has 0 fully saturated rings. The van der Waals surface area contributed by atoms with Crippen LogP contribution in [-0.4, -0.2) is 18.0 Å². The van der Waals surface area contributed by atoms with Crippen molar-refractivity contribution in [2.75, 3.05) is 5.32 Å². The fourth-order valence-corrected chi connectivity index (χ4v) is 1.76. The number of anilines is 1. The van der Waals surface area contributed by atoms with Crippen LogP contribution in [0, 0.1) is 5.92 Å². The van der Waals surface area contributed by atoms with E-state index in [-0.39, 0.29) is 17.7 Å². The van der Waals surface area contributed by atoms with Crippen LogP contribution in [0.25, 0.3) is 0 Å². The lowest BCUT2D eigenvalue weighted by Gasteiger charge is -2.08. The largest absolute Gasteiger partial charge is 0.326 e. The van der Waals surface area contributed by atoms with E-state index in [4.69, 9.17) is 0 Å². The second-order valence-electron chi connectivity index (χ2n) is 5.33. The van der Waals surface area contributed by atoms with E-state index in [1.165, 1.54) is 0 Å². The third kappa shape index (κ3) is 5.07. The van der Waals surface area contributed by atoms with Crippen LogP contribution in [0.4, 0.5) is 5.69 Å². The van der Waals surface area contributed by atoms with Gasteiger partial charge < -0.3 is 5.32 Å². The summed E-state index contributed by atoms with van der Waals surface area (Å²) >= 11 is 0. The van der Waals surface area contributed by atoms with Gasteiger partial charge in [0.25, 0.3) is 5.91 Å². The Morgan fingerprint density at radius 1 is 1.00 bits per heavy atom. The van der Waals surface area contributed by atoms with Crippen LogP contribution in [0.3, 0.4) is 0 Å². The fourth-order valence-electron chi connectivity index (χ4n) is 1.76. The molecular weight excluding hydrogens is 290 g/mol. The number of hydrogen-bond acceptors (Lipinski definition) is 3. The SMILES string of the molecule is CC(C)C(=O)Nc1ccc(C(=O)N/N=C/c2ccccc2)cc1. The van der Waals surface area contributed by atoms with Gasteiger partial charge in [-0.05, 0) is 29.8 Å². The van der Waals surface area contributed by atoms with Crippen molar-refractivity contribution in [2.45, 2.75) is 13.8 Å². The number of nitrogens with zero attached hydrogens (tertiary/aromatic N) is 1. The molecule has 5 nitrogen and oxygen atoms in total. The maximum absolute atomic E-state index is 12.0. The van der Waals surface area contributed by atoms with Crippen LogP contribution < -0.4 is 10.7 Å². The van der Waals surface area contributed by atoms with Crippen molar-refractivity contribution in [2.24, 2.45) is 11.0 Å². The third-order valence-electron chi connectivity index (χ3n) is 3.12. The number of amides is 2. The first kappa shape index (κ1) is 16.4. The van der Waals surface area contributed by atoms with E-state index in [9.17, 15) is 9.59 Å². The van der Waals surface area contributed by atoms with E-state index < -0.39 is 0 Å². The molecule has 0 spiro atoms. The molecule has 0 saturated heterocycles. The molecule has 118 valence electrons. The molecule has 0 radical (unpaired) electrons. The number of hydrazone groups is 1. The van der Waals surface area contributed by atoms with Crippen LogP contribution in [0.1, 0.15) is 29.8 Å². The Kier molecular flexibility index (Phi) is 5.63. The summed E-state index contributed by atoms with van der Waals surface area (Å²) in [5, 5.41) is 6.69. The van der Waals surface area contributed by atoms with E-state index in [1.54, 1.807) is 30.5 Å². The van der Waals surface area contributed by atoms with Gasteiger partial charge in [0.05, 0.1) is 6.21 Å². The number of benzene rings is 2. The molecule has 0 aliphatic rings. The molecule has 2 rings (SSSR count). The average Bonchev–Trinajstić information content (AvgIpc) is 2.56. The molecule has 0 unspecified atom stereocenters. The van der Waals surface area contributed by atoms with Gasteiger partial charge in [0, 0.05) is 17.2 Å². The van der Waals surface area contributed by atoms with Crippen molar-refractivity contribution in [3.05, 3.63) is 65.7 Å². The van der Waals surface area contributed by atoms with Crippen molar-refractivity contribution >= 4 is 23.7 Å². The smallest absolute Gasteiger partial charge is 0.271 e. The van der Waals surface area contributed by atoms with Crippen molar-refractivity contribution in [3.8, 4) is 0 Å². The predicted octanol–water partition coefficient (Wildman–Crippen LogP) is 3.05. The Morgan fingerprint density at radius 2 is 1.65 bits per heavy atom. The molecule has 2 aromatic carbocycles. The van der Waals surface area contributed by atoms with Crippen molar-refractivity contribution < 1.29 is 9.59 Å². The highest BCUT2D eigenvalue weighted by Gasteiger charge is 2.08. The van der Waals surface area contributed by atoms with Crippen LogP contribution >= 0.6 is 0 Å². The molecule has 0 aliphatic heterocycles. The summed E-state index contributed by atoms with van der Waals surface area (Å²) in [4.78, 5) is 23.6. The molecule has 23 heavy (non-hydrogen) atoms. The lowest BCUT2D eigenvalue weighted by molar-refractivity contribution is -0.118. The highest BCUT2D eigenvalue weighted by atomic mass is 16.2. The summed E-state index contributed by atoms with van der Waals surface area (Å²) < 4.78 is 0. The minimum atomic E-state index is -0.307. The van der Waals surface area contributed by atoms with Crippen LogP contribution in [-0.2, 0) is 4.79 Å². The quantitative estimate of drug-likeness (QED) is 0.658. The number of carbonyl (C=O) groups is 2. The van der Waals surface area contributed by atoms with Gasteiger partial charge >= 0.3 is 0 Å². The van der Waals surface area contributed by atoms with Gasteiger partial charge in [0.15, 0.2) is 0 Å². The van der Waals surface area contributed by atoms with Crippen molar-refractivity contribution in [1.82, 2.24) is 5.43 Å². The minimum absolute atomic E-state index is 0.0605. The maximum Gasteiger partial charge on any atom is 0.271 e. The Bertz CT molecular complexity index is 692. The first-order valence-corrected chi connectivity index (χ1v) is 7.35. The van der Waals surface area contributed by atoms with Crippen molar-refractivity contribution in [3.63, 3.8) is 0 Å². The standard InChI is InChI=1S/C18H19N3O2/c1-13(2)17(22)20-16-10-8-15(9-11-16)18(23)21-19-12-14-6-4-3-5-7-14/h3-13H,1-2H3,(H,20,22)(H,21,23)/b19-12+. The highest BCUT2D eigenvalue weighted by molar-refractivity contribution is 5.96. The minimum Gasteiger partial charge on any atom is -0.326 e. The van der Waals surface area contributed by atoms with E-state index in [1.807, 2.05) is 44.2 Å². The second-order valence-corrected chi connectivity index (χ2v) is 5.33.